The van der Waals surface area contributed by atoms with Gasteiger partial charge in [0, 0.05) is 22.7 Å². The molecule has 0 saturated carbocycles. The molecule has 0 radical (unpaired) electrons. The molecule has 0 aliphatic heterocycles. The van der Waals surface area contributed by atoms with Crippen molar-refractivity contribution < 1.29 is 14.3 Å². The molecule has 0 saturated heterocycles. The zero-order valence-electron chi connectivity index (χ0n) is 11.8. The summed E-state index contributed by atoms with van der Waals surface area (Å²) in [6.07, 6.45) is 1.45. The molecule has 0 amide bonds. The van der Waals surface area contributed by atoms with Crippen LogP contribution >= 0.6 is 0 Å². The van der Waals surface area contributed by atoms with Crippen LogP contribution in [-0.2, 0) is 0 Å². The second-order valence-electron chi connectivity index (χ2n) is 4.94. The summed E-state index contributed by atoms with van der Waals surface area (Å²) in [4.78, 5) is 18.4. The molecule has 3 rings (SSSR count). The Labute approximate surface area is 125 Å². The number of nitrogens with zero attached hydrogens (tertiary/aromatic N) is 1. The molecule has 22 heavy (non-hydrogen) atoms. The molecule has 5 heteroatoms. The summed E-state index contributed by atoms with van der Waals surface area (Å²) in [5, 5.41) is 10.5. The first-order valence-electron chi connectivity index (χ1n) is 6.70. The maximum absolute atomic E-state index is 13.4. The van der Waals surface area contributed by atoms with Gasteiger partial charge in [-0.15, -0.1) is 0 Å². The van der Waals surface area contributed by atoms with E-state index in [2.05, 4.69) is 9.98 Å². The summed E-state index contributed by atoms with van der Waals surface area (Å²) in [6, 6.07) is 11.0. The molecule has 2 aromatic carbocycles. The van der Waals surface area contributed by atoms with Crippen LogP contribution in [0.25, 0.3) is 10.9 Å². The van der Waals surface area contributed by atoms with Crippen molar-refractivity contribution in [2.45, 2.75) is 6.92 Å². The molecule has 0 spiro atoms. The monoisotopic (exact) mass is 296 g/mol. The highest BCUT2D eigenvalue weighted by Crippen LogP contribution is 2.27. The summed E-state index contributed by atoms with van der Waals surface area (Å²) in [5.41, 5.74) is 2.17. The molecule has 0 aliphatic rings. The van der Waals surface area contributed by atoms with Crippen LogP contribution < -0.4 is 0 Å². The summed E-state index contributed by atoms with van der Waals surface area (Å²) >= 11 is 0. The smallest absolute Gasteiger partial charge is 0.198 e. The van der Waals surface area contributed by atoms with Gasteiger partial charge in [0.2, 0.25) is 0 Å². The Balaban J connectivity index is 2.02. The van der Waals surface area contributed by atoms with Crippen molar-refractivity contribution in [2.75, 3.05) is 0 Å². The number of ketones is 1. The van der Waals surface area contributed by atoms with E-state index in [1.807, 2.05) is 0 Å². The van der Waals surface area contributed by atoms with E-state index in [9.17, 15) is 14.3 Å². The SMILES string of the molecule is CC(=O)c1cccc(N=Cc2c(O)[nH]c3ccc(F)cc23)c1. The van der Waals surface area contributed by atoms with E-state index >= 15 is 0 Å². The van der Waals surface area contributed by atoms with E-state index in [4.69, 9.17) is 0 Å². The van der Waals surface area contributed by atoms with Crippen molar-refractivity contribution >= 4 is 28.6 Å². The van der Waals surface area contributed by atoms with Crippen LogP contribution in [0.3, 0.4) is 0 Å². The molecule has 4 nitrogen and oxygen atoms in total. The van der Waals surface area contributed by atoms with Crippen molar-refractivity contribution in [2.24, 2.45) is 4.99 Å². The highest BCUT2D eigenvalue weighted by atomic mass is 19.1. The number of hydrogen-bond acceptors (Lipinski definition) is 3. The van der Waals surface area contributed by atoms with E-state index in [1.165, 1.54) is 25.3 Å². The molecule has 3 aromatic rings. The average Bonchev–Trinajstić information content (AvgIpc) is 2.80. The van der Waals surface area contributed by atoms with Gasteiger partial charge in [0.15, 0.2) is 11.7 Å². The third-order valence-corrected chi connectivity index (χ3v) is 3.38. The number of rotatable bonds is 3. The van der Waals surface area contributed by atoms with Gasteiger partial charge in [-0.1, -0.05) is 12.1 Å². The molecule has 0 bridgehead atoms. The van der Waals surface area contributed by atoms with E-state index in [0.29, 0.717) is 27.7 Å². The lowest BCUT2D eigenvalue weighted by Crippen LogP contribution is -1.90. The number of halogens is 1. The minimum atomic E-state index is -0.389. The standard InChI is InChI=1S/C17H13FN2O2/c1-10(21)11-3-2-4-13(7-11)19-9-15-14-8-12(18)5-6-16(14)20-17(15)22/h2-9,20,22H,1H3. The zero-order chi connectivity index (χ0) is 15.7. The number of H-pyrrole nitrogens is 1. The Morgan fingerprint density at radius 3 is 2.86 bits per heavy atom. The number of carbonyl (C=O) groups excluding carboxylic acids is 1. The third-order valence-electron chi connectivity index (χ3n) is 3.38. The van der Waals surface area contributed by atoms with E-state index in [0.717, 1.165) is 0 Å². The Kier molecular flexibility index (Phi) is 3.47. The predicted molar refractivity (Wildman–Crippen MR) is 83.6 cm³/mol. The lowest BCUT2D eigenvalue weighted by atomic mass is 10.1. The van der Waals surface area contributed by atoms with E-state index in [-0.39, 0.29) is 17.5 Å². The summed E-state index contributed by atoms with van der Waals surface area (Å²) in [7, 11) is 0. The van der Waals surface area contributed by atoms with Gasteiger partial charge in [-0.3, -0.25) is 9.79 Å². The Hall–Kier alpha value is -2.95. The molecule has 1 aromatic heterocycles. The van der Waals surface area contributed by atoms with Crippen molar-refractivity contribution in [1.29, 1.82) is 0 Å². The van der Waals surface area contributed by atoms with Gasteiger partial charge in [-0.05, 0) is 37.3 Å². The topological polar surface area (TPSA) is 65.4 Å². The maximum atomic E-state index is 13.4. The molecule has 2 N–H and O–H groups in total. The first-order valence-corrected chi connectivity index (χ1v) is 6.70. The summed E-state index contributed by atoms with van der Waals surface area (Å²) < 4.78 is 13.4. The highest BCUT2D eigenvalue weighted by Gasteiger charge is 2.09. The first kappa shape index (κ1) is 14.0. The van der Waals surface area contributed by atoms with Crippen LogP contribution in [0.1, 0.15) is 22.8 Å². The lowest BCUT2D eigenvalue weighted by molar-refractivity contribution is 0.101. The summed E-state index contributed by atoms with van der Waals surface area (Å²) in [6.45, 7) is 1.48. The minimum absolute atomic E-state index is 0.0472. The van der Waals surface area contributed by atoms with Crippen LogP contribution in [-0.4, -0.2) is 22.1 Å². The number of nitrogens with one attached hydrogen (secondary N) is 1. The molecule has 0 aliphatic carbocycles. The van der Waals surface area contributed by atoms with Crippen LogP contribution in [0, 0.1) is 5.82 Å². The van der Waals surface area contributed by atoms with Crippen LogP contribution in [0.4, 0.5) is 10.1 Å². The van der Waals surface area contributed by atoms with Gasteiger partial charge in [0.1, 0.15) is 5.82 Å². The lowest BCUT2D eigenvalue weighted by Gasteiger charge is -1.98. The van der Waals surface area contributed by atoms with Gasteiger partial charge in [-0.25, -0.2) is 4.39 Å². The largest absolute Gasteiger partial charge is 0.494 e. The molecule has 110 valence electrons. The first-order chi connectivity index (χ1) is 10.5. The molecule has 0 fully saturated rings. The van der Waals surface area contributed by atoms with Crippen LogP contribution in [0.15, 0.2) is 47.5 Å². The number of aliphatic imine (C=N–C) groups is 1. The zero-order valence-corrected chi connectivity index (χ0v) is 11.8. The average molecular weight is 296 g/mol. The number of benzene rings is 2. The van der Waals surface area contributed by atoms with Crippen LogP contribution in [0.5, 0.6) is 5.88 Å². The maximum Gasteiger partial charge on any atom is 0.198 e. The fraction of sp³-hybridized carbons (Fsp3) is 0.0588. The normalized spacial score (nSPS) is 11.4. The second-order valence-corrected chi connectivity index (χ2v) is 4.94. The van der Waals surface area contributed by atoms with Crippen molar-refractivity contribution in [1.82, 2.24) is 4.98 Å². The van der Waals surface area contributed by atoms with E-state index in [1.54, 1.807) is 30.3 Å². The Morgan fingerprint density at radius 2 is 2.09 bits per heavy atom. The fourth-order valence-electron chi connectivity index (χ4n) is 2.25. The Morgan fingerprint density at radius 1 is 1.27 bits per heavy atom. The molecule has 1 heterocycles. The molecular weight excluding hydrogens is 283 g/mol. The number of carbonyl (C=O) groups is 1. The number of aromatic amines is 1. The number of aromatic hydroxyl groups is 1. The molecule has 0 unspecified atom stereocenters. The number of hydrogen-bond donors (Lipinski definition) is 2. The number of aromatic nitrogens is 1. The predicted octanol–water partition coefficient (Wildman–Crippen LogP) is 3.97. The van der Waals surface area contributed by atoms with Gasteiger partial charge < -0.3 is 10.1 Å². The minimum Gasteiger partial charge on any atom is -0.494 e. The number of Topliss-reactive ketones (excluding diaryl/α,β-unsaturated/α-hetero) is 1. The van der Waals surface area contributed by atoms with E-state index < -0.39 is 0 Å². The van der Waals surface area contributed by atoms with Gasteiger partial charge in [-0.2, -0.15) is 0 Å². The second kappa shape index (κ2) is 5.44. The highest BCUT2D eigenvalue weighted by molar-refractivity contribution is 6.02. The van der Waals surface area contributed by atoms with Gasteiger partial charge >= 0.3 is 0 Å². The van der Waals surface area contributed by atoms with Gasteiger partial charge in [0.25, 0.3) is 0 Å². The molecule has 0 atom stereocenters. The quantitative estimate of drug-likeness (QED) is 0.567. The Bertz CT molecular complexity index is 897. The van der Waals surface area contributed by atoms with Crippen molar-refractivity contribution in [3.63, 3.8) is 0 Å². The number of fused-ring (bicyclic) bond motifs is 1. The molecular formula is C17H13FN2O2. The third kappa shape index (κ3) is 2.61. The summed E-state index contributed by atoms with van der Waals surface area (Å²) in [5.74, 6) is -0.513. The fourth-order valence-corrected chi connectivity index (χ4v) is 2.25. The van der Waals surface area contributed by atoms with Gasteiger partial charge in [0.05, 0.1) is 11.3 Å². The van der Waals surface area contributed by atoms with Crippen molar-refractivity contribution in [3.8, 4) is 5.88 Å². The van der Waals surface area contributed by atoms with Crippen molar-refractivity contribution in [3.05, 3.63) is 59.4 Å². The van der Waals surface area contributed by atoms with Crippen LogP contribution in [0.2, 0.25) is 0 Å².